The second kappa shape index (κ2) is 4.56. The number of hydrogen-bond acceptors (Lipinski definition) is 2. The number of halogens is 2. The fourth-order valence-electron chi connectivity index (χ4n) is 1.13. The van der Waals surface area contributed by atoms with E-state index in [2.05, 4.69) is 0 Å². The first-order valence-corrected chi connectivity index (χ1v) is 4.43. The van der Waals surface area contributed by atoms with Gasteiger partial charge in [-0.05, 0) is 31.2 Å². The number of benzene rings is 1. The fourth-order valence-corrected chi connectivity index (χ4v) is 1.31. The highest BCUT2D eigenvalue weighted by molar-refractivity contribution is 6.30. The van der Waals surface area contributed by atoms with Gasteiger partial charge in [-0.3, -0.25) is 0 Å². The lowest BCUT2D eigenvalue weighted by molar-refractivity contribution is 0.567. The van der Waals surface area contributed by atoms with Gasteiger partial charge in [-0.15, -0.1) is 0 Å². The van der Waals surface area contributed by atoms with Crippen molar-refractivity contribution in [3.8, 4) is 0 Å². The zero-order chi connectivity index (χ0) is 9.84. The minimum Gasteiger partial charge on any atom is -0.330 e. The van der Waals surface area contributed by atoms with Crippen molar-refractivity contribution in [3.05, 3.63) is 34.6 Å². The Balaban J connectivity index is 2.91. The minimum atomic E-state index is -0.372. The zero-order valence-corrected chi connectivity index (χ0v) is 7.89. The summed E-state index contributed by atoms with van der Waals surface area (Å²) in [5.41, 5.74) is 11.4. The molecule has 0 amide bonds. The van der Waals surface area contributed by atoms with Crippen LogP contribution >= 0.6 is 11.6 Å². The zero-order valence-electron chi connectivity index (χ0n) is 7.13. The van der Waals surface area contributed by atoms with Gasteiger partial charge in [-0.1, -0.05) is 11.6 Å². The molecule has 4 heteroatoms. The van der Waals surface area contributed by atoms with E-state index in [1.165, 1.54) is 18.2 Å². The van der Waals surface area contributed by atoms with Crippen molar-refractivity contribution in [2.24, 2.45) is 11.5 Å². The van der Waals surface area contributed by atoms with Crippen LogP contribution < -0.4 is 11.5 Å². The summed E-state index contributed by atoms with van der Waals surface area (Å²) in [6.45, 7) is 0.438. The van der Waals surface area contributed by atoms with Gasteiger partial charge in [0.1, 0.15) is 5.82 Å². The number of rotatable bonds is 3. The van der Waals surface area contributed by atoms with Crippen LogP contribution in [0.5, 0.6) is 0 Å². The van der Waals surface area contributed by atoms with Crippen LogP contribution in [-0.2, 0) is 0 Å². The van der Waals surface area contributed by atoms with Crippen LogP contribution in [-0.4, -0.2) is 6.54 Å². The van der Waals surface area contributed by atoms with Crippen LogP contribution in [0, 0.1) is 5.82 Å². The first-order valence-electron chi connectivity index (χ1n) is 4.05. The Kier molecular flexibility index (Phi) is 3.66. The Morgan fingerprint density at radius 2 is 2.15 bits per heavy atom. The summed E-state index contributed by atoms with van der Waals surface area (Å²) in [7, 11) is 0. The van der Waals surface area contributed by atoms with Crippen molar-refractivity contribution in [2.45, 2.75) is 12.5 Å². The molecular weight excluding hydrogens is 191 g/mol. The van der Waals surface area contributed by atoms with Gasteiger partial charge in [0.15, 0.2) is 0 Å². The highest BCUT2D eigenvalue weighted by Gasteiger charge is 2.10. The minimum absolute atomic E-state index is 0.328. The second-order valence-corrected chi connectivity index (χ2v) is 3.29. The van der Waals surface area contributed by atoms with E-state index in [9.17, 15) is 4.39 Å². The summed E-state index contributed by atoms with van der Waals surface area (Å²) >= 11 is 5.71. The van der Waals surface area contributed by atoms with Gasteiger partial charge in [0.25, 0.3) is 0 Å². The highest BCUT2D eigenvalue weighted by Crippen LogP contribution is 2.21. The SMILES string of the molecule is NCC[C@H](N)c1cc(Cl)ccc1F. The average Bonchev–Trinajstić information content (AvgIpc) is 2.09. The van der Waals surface area contributed by atoms with Crippen LogP contribution in [0.2, 0.25) is 5.02 Å². The van der Waals surface area contributed by atoms with Crippen molar-refractivity contribution in [1.82, 2.24) is 0 Å². The van der Waals surface area contributed by atoms with E-state index in [1.54, 1.807) is 0 Å². The van der Waals surface area contributed by atoms with Gasteiger partial charge in [0.2, 0.25) is 0 Å². The van der Waals surface area contributed by atoms with Gasteiger partial charge in [0.05, 0.1) is 0 Å². The summed E-state index contributed by atoms with van der Waals surface area (Å²) < 4.78 is 13.2. The highest BCUT2D eigenvalue weighted by atomic mass is 35.5. The molecule has 0 fully saturated rings. The van der Waals surface area contributed by atoms with Crippen LogP contribution in [0.25, 0.3) is 0 Å². The predicted octanol–water partition coefficient (Wildman–Crippen LogP) is 1.83. The maximum atomic E-state index is 13.2. The van der Waals surface area contributed by atoms with E-state index >= 15 is 0 Å². The van der Waals surface area contributed by atoms with Crippen molar-refractivity contribution in [3.63, 3.8) is 0 Å². The second-order valence-electron chi connectivity index (χ2n) is 2.85. The van der Waals surface area contributed by atoms with Gasteiger partial charge in [-0.25, -0.2) is 4.39 Å². The summed E-state index contributed by atoms with van der Waals surface area (Å²) in [5, 5.41) is 0.490. The molecule has 1 aromatic carbocycles. The molecule has 0 radical (unpaired) electrons. The van der Waals surface area contributed by atoms with Crippen molar-refractivity contribution >= 4 is 11.6 Å². The summed E-state index contributed by atoms with van der Waals surface area (Å²) in [4.78, 5) is 0. The first-order chi connectivity index (χ1) is 6.15. The largest absolute Gasteiger partial charge is 0.330 e. The van der Waals surface area contributed by atoms with Crippen LogP contribution in [0.3, 0.4) is 0 Å². The van der Waals surface area contributed by atoms with E-state index < -0.39 is 0 Å². The lowest BCUT2D eigenvalue weighted by Crippen LogP contribution is -2.16. The number of hydrogen-bond donors (Lipinski definition) is 2. The summed E-state index contributed by atoms with van der Waals surface area (Å²) in [6.07, 6.45) is 0.553. The molecule has 0 aliphatic heterocycles. The van der Waals surface area contributed by atoms with Gasteiger partial charge in [0, 0.05) is 16.6 Å². The average molecular weight is 203 g/mol. The molecule has 2 nitrogen and oxygen atoms in total. The Bertz CT molecular complexity index is 291. The van der Waals surface area contributed by atoms with E-state index in [0.717, 1.165) is 0 Å². The molecule has 1 rings (SSSR count). The molecule has 1 aromatic rings. The fraction of sp³-hybridized carbons (Fsp3) is 0.333. The molecular formula is C9H12ClFN2. The van der Waals surface area contributed by atoms with E-state index in [4.69, 9.17) is 23.1 Å². The third-order valence-electron chi connectivity index (χ3n) is 1.84. The molecule has 4 N–H and O–H groups in total. The van der Waals surface area contributed by atoms with Crippen molar-refractivity contribution in [1.29, 1.82) is 0 Å². The molecule has 72 valence electrons. The van der Waals surface area contributed by atoms with Crippen LogP contribution in [0.1, 0.15) is 18.0 Å². The maximum Gasteiger partial charge on any atom is 0.128 e. The normalized spacial score (nSPS) is 12.9. The maximum absolute atomic E-state index is 13.2. The van der Waals surface area contributed by atoms with E-state index in [1.807, 2.05) is 0 Å². The van der Waals surface area contributed by atoms with Gasteiger partial charge >= 0.3 is 0 Å². The molecule has 0 heterocycles. The molecule has 0 unspecified atom stereocenters. The molecule has 0 saturated carbocycles. The van der Waals surface area contributed by atoms with Gasteiger partial charge in [-0.2, -0.15) is 0 Å². The molecule has 0 saturated heterocycles. The smallest absolute Gasteiger partial charge is 0.128 e. The summed E-state index contributed by atoms with van der Waals surface area (Å²) in [5.74, 6) is -0.328. The Hall–Kier alpha value is -0.640. The third kappa shape index (κ3) is 2.66. The monoisotopic (exact) mass is 202 g/mol. The Morgan fingerprint density at radius 1 is 1.46 bits per heavy atom. The summed E-state index contributed by atoms with van der Waals surface area (Å²) in [6, 6.07) is 3.98. The topological polar surface area (TPSA) is 52.0 Å². The van der Waals surface area contributed by atoms with Crippen LogP contribution in [0.4, 0.5) is 4.39 Å². The first kappa shape index (κ1) is 10.4. The Morgan fingerprint density at radius 3 is 2.77 bits per heavy atom. The molecule has 0 aliphatic carbocycles. The molecule has 0 aromatic heterocycles. The molecule has 0 spiro atoms. The molecule has 0 bridgehead atoms. The Labute approximate surface area is 81.7 Å². The van der Waals surface area contributed by atoms with Gasteiger partial charge < -0.3 is 11.5 Å². The standard InChI is InChI=1S/C9H12ClFN2/c10-6-1-2-8(11)7(5-6)9(13)3-4-12/h1-2,5,9H,3-4,12-13H2/t9-/m0/s1. The molecule has 1 atom stereocenters. The third-order valence-corrected chi connectivity index (χ3v) is 2.07. The lowest BCUT2D eigenvalue weighted by Gasteiger charge is -2.11. The lowest BCUT2D eigenvalue weighted by atomic mass is 10.0. The quantitative estimate of drug-likeness (QED) is 0.786. The molecule has 0 aliphatic rings. The predicted molar refractivity (Wildman–Crippen MR) is 52.0 cm³/mol. The van der Waals surface area contributed by atoms with Crippen molar-refractivity contribution in [2.75, 3.05) is 6.54 Å². The van der Waals surface area contributed by atoms with Crippen molar-refractivity contribution < 1.29 is 4.39 Å². The van der Waals surface area contributed by atoms with E-state index in [0.29, 0.717) is 23.6 Å². The number of nitrogens with two attached hydrogens (primary N) is 2. The van der Waals surface area contributed by atoms with E-state index in [-0.39, 0.29) is 11.9 Å². The van der Waals surface area contributed by atoms with Crippen LogP contribution in [0.15, 0.2) is 18.2 Å². The molecule has 13 heavy (non-hydrogen) atoms.